The van der Waals surface area contributed by atoms with Crippen LogP contribution < -0.4 is 16.0 Å². The van der Waals surface area contributed by atoms with Crippen LogP contribution >= 0.6 is 0 Å². The summed E-state index contributed by atoms with van der Waals surface area (Å²) in [6, 6.07) is 18.0. The van der Waals surface area contributed by atoms with Crippen molar-refractivity contribution in [2.75, 3.05) is 11.9 Å². The highest BCUT2D eigenvalue weighted by molar-refractivity contribution is 6.20. The van der Waals surface area contributed by atoms with Gasteiger partial charge in [0, 0.05) is 18.2 Å². The average molecular weight is 448 g/mol. The standard InChI is InChI=1S/C25H22F2N4O2/c1-31-21-13-7-4-10-17(21)22(16-9-3-6-12-19(16)27)29-23(25(31)33)30-24(32)20(28)14-15-8-2-5-11-18(15)26/h2-13,20,23H,14,28H2,1H3,(H,30,32)/t20-,23?/m1/s1. The number of amides is 2. The lowest BCUT2D eigenvalue weighted by molar-refractivity contribution is -0.128. The predicted octanol–water partition coefficient (Wildman–Crippen LogP) is 2.79. The van der Waals surface area contributed by atoms with Gasteiger partial charge in [0.25, 0.3) is 5.91 Å². The Balaban J connectivity index is 1.68. The molecule has 0 saturated heterocycles. The zero-order valence-corrected chi connectivity index (χ0v) is 17.8. The van der Waals surface area contributed by atoms with Crippen molar-refractivity contribution in [2.45, 2.75) is 18.6 Å². The number of fused-ring (bicyclic) bond motifs is 1. The molecular weight excluding hydrogens is 426 g/mol. The second-order valence-electron chi connectivity index (χ2n) is 7.69. The topological polar surface area (TPSA) is 87.8 Å². The molecule has 4 rings (SSSR count). The summed E-state index contributed by atoms with van der Waals surface area (Å²) in [5.74, 6) is -2.17. The summed E-state index contributed by atoms with van der Waals surface area (Å²) >= 11 is 0. The van der Waals surface area contributed by atoms with Crippen molar-refractivity contribution in [2.24, 2.45) is 10.7 Å². The van der Waals surface area contributed by atoms with Gasteiger partial charge in [-0.3, -0.25) is 9.59 Å². The summed E-state index contributed by atoms with van der Waals surface area (Å²) in [7, 11) is 1.55. The Morgan fingerprint density at radius 2 is 1.61 bits per heavy atom. The van der Waals surface area contributed by atoms with E-state index < -0.39 is 35.7 Å². The number of benzene rings is 3. The number of carbonyl (C=O) groups excluding carboxylic acids is 2. The molecule has 0 radical (unpaired) electrons. The highest BCUT2D eigenvalue weighted by Gasteiger charge is 2.32. The molecule has 0 fully saturated rings. The van der Waals surface area contributed by atoms with Gasteiger partial charge in [0.05, 0.1) is 17.4 Å². The van der Waals surface area contributed by atoms with Gasteiger partial charge < -0.3 is 16.0 Å². The van der Waals surface area contributed by atoms with Crippen molar-refractivity contribution in [3.05, 3.63) is 101 Å². The van der Waals surface area contributed by atoms with Gasteiger partial charge in [0.1, 0.15) is 11.6 Å². The molecule has 1 aliphatic heterocycles. The molecule has 33 heavy (non-hydrogen) atoms. The van der Waals surface area contributed by atoms with Gasteiger partial charge in [0.2, 0.25) is 12.1 Å². The highest BCUT2D eigenvalue weighted by Crippen LogP contribution is 2.28. The van der Waals surface area contributed by atoms with Crippen molar-refractivity contribution in [3.63, 3.8) is 0 Å². The molecule has 0 spiro atoms. The molecule has 1 aliphatic rings. The van der Waals surface area contributed by atoms with Crippen LogP contribution in [-0.4, -0.2) is 36.8 Å². The van der Waals surface area contributed by atoms with Gasteiger partial charge in [-0.2, -0.15) is 0 Å². The fourth-order valence-electron chi connectivity index (χ4n) is 3.72. The molecule has 3 aromatic carbocycles. The molecule has 0 aliphatic carbocycles. The third-order valence-electron chi connectivity index (χ3n) is 5.49. The fraction of sp³-hybridized carbons (Fsp3) is 0.160. The number of benzodiazepines with no additional fused rings is 1. The maximum absolute atomic E-state index is 14.7. The lowest BCUT2D eigenvalue weighted by Gasteiger charge is -2.22. The molecule has 0 bridgehead atoms. The number of para-hydroxylation sites is 1. The Bertz CT molecular complexity index is 1240. The molecule has 3 N–H and O–H groups in total. The zero-order chi connectivity index (χ0) is 23.5. The van der Waals surface area contributed by atoms with Gasteiger partial charge in [-0.15, -0.1) is 0 Å². The number of nitrogens with one attached hydrogen (secondary N) is 1. The Morgan fingerprint density at radius 3 is 2.30 bits per heavy atom. The van der Waals surface area contributed by atoms with Gasteiger partial charge in [-0.1, -0.05) is 48.5 Å². The SMILES string of the molecule is CN1C(=O)C(NC(=O)[C@H](N)Cc2ccccc2F)N=C(c2ccccc2F)c2ccccc21. The van der Waals surface area contributed by atoms with E-state index in [0.29, 0.717) is 11.3 Å². The van der Waals surface area contributed by atoms with E-state index >= 15 is 0 Å². The second kappa shape index (κ2) is 9.30. The first kappa shape index (κ1) is 22.3. The quantitative estimate of drug-likeness (QED) is 0.629. The molecule has 8 heteroatoms. The van der Waals surface area contributed by atoms with E-state index in [-0.39, 0.29) is 23.3 Å². The van der Waals surface area contributed by atoms with Crippen LogP contribution in [0.15, 0.2) is 77.8 Å². The highest BCUT2D eigenvalue weighted by atomic mass is 19.1. The molecule has 3 aromatic rings. The molecule has 2 amide bonds. The number of nitrogens with two attached hydrogens (primary N) is 1. The number of halogens is 2. The van der Waals surface area contributed by atoms with Crippen LogP contribution in [0.2, 0.25) is 0 Å². The summed E-state index contributed by atoms with van der Waals surface area (Å²) in [5, 5.41) is 2.55. The predicted molar refractivity (Wildman–Crippen MR) is 122 cm³/mol. The number of hydrogen-bond donors (Lipinski definition) is 2. The van der Waals surface area contributed by atoms with Crippen LogP contribution in [0.5, 0.6) is 0 Å². The van der Waals surface area contributed by atoms with E-state index in [0.717, 1.165) is 0 Å². The Morgan fingerprint density at radius 1 is 1.00 bits per heavy atom. The molecule has 0 aromatic heterocycles. The largest absolute Gasteiger partial charge is 0.325 e. The average Bonchev–Trinajstić information content (AvgIpc) is 2.91. The van der Waals surface area contributed by atoms with Crippen LogP contribution in [0.4, 0.5) is 14.5 Å². The van der Waals surface area contributed by atoms with Crippen molar-refractivity contribution in [1.29, 1.82) is 0 Å². The van der Waals surface area contributed by atoms with E-state index in [1.54, 1.807) is 61.6 Å². The van der Waals surface area contributed by atoms with Crippen molar-refractivity contribution in [1.82, 2.24) is 5.32 Å². The summed E-state index contributed by atoms with van der Waals surface area (Å²) in [5.41, 5.74) is 7.78. The Labute approximate surface area is 189 Å². The molecule has 1 unspecified atom stereocenters. The molecule has 0 saturated carbocycles. The number of likely N-dealkylation sites (N-methyl/N-ethyl adjacent to an activating group) is 1. The van der Waals surface area contributed by atoms with Crippen molar-refractivity contribution in [3.8, 4) is 0 Å². The minimum atomic E-state index is -1.34. The monoisotopic (exact) mass is 448 g/mol. The minimum absolute atomic E-state index is 0.0562. The maximum atomic E-state index is 14.7. The lowest BCUT2D eigenvalue weighted by atomic mass is 10.00. The van der Waals surface area contributed by atoms with E-state index in [2.05, 4.69) is 10.3 Å². The van der Waals surface area contributed by atoms with Crippen molar-refractivity contribution >= 4 is 23.2 Å². The molecular formula is C25H22F2N4O2. The first-order valence-corrected chi connectivity index (χ1v) is 10.4. The maximum Gasteiger partial charge on any atom is 0.272 e. The molecule has 1 heterocycles. The van der Waals surface area contributed by atoms with E-state index in [9.17, 15) is 18.4 Å². The molecule has 2 atom stereocenters. The minimum Gasteiger partial charge on any atom is -0.325 e. The van der Waals surface area contributed by atoms with E-state index in [4.69, 9.17) is 5.73 Å². The Hall–Kier alpha value is -3.91. The number of carbonyl (C=O) groups is 2. The molecule has 168 valence electrons. The van der Waals surface area contributed by atoms with E-state index in [1.807, 2.05) is 0 Å². The van der Waals surface area contributed by atoms with Crippen LogP contribution in [0, 0.1) is 11.6 Å². The molecule has 6 nitrogen and oxygen atoms in total. The van der Waals surface area contributed by atoms with Crippen LogP contribution in [0.25, 0.3) is 0 Å². The lowest BCUT2D eigenvalue weighted by Crippen LogP contribution is -2.51. The number of anilines is 1. The summed E-state index contributed by atoms with van der Waals surface area (Å²) in [4.78, 5) is 31.8. The third kappa shape index (κ3) is 4.51. The van der Waals surface area contributed by atoms with Crippen LogP contribution in [0.1, 0.15) is 16.7 Å². The normalized spacial score (nSPS) is 16.5. The van der Waals surface area contributed by atoms with E-state index in [1.165, 1.54) is 23.1 Å². The smallest absolute Gasteiger partial charge is 0.272 e. The van der Waals surface area contributed by atoms with Gasteiger partial charge in [-0.05, 0) is 36.2 Å². The number of hydrogen-bond acceptors (Lipinski definition) is 4. The second-order valence-corrected chi connectivity index (χ2v) is 7.69. The number of rotatable bonds is 5. The van der Waals surface area contributed by atoms with Gasteiger partial charge in [-0.25, -0.2) is 13.8 Å². The van der Waals surface area contributed by atoms with Gasteiger partial charge >= 0.3 is 0 Å². The zero-order valence-electron chi connectivity index (χ0n) is 17.8. The first-order valence-electron chi connectivity index (χ1n) is 10.4. The van der Waals surface area contributed by atoms with Crippen LogP contribution in [0.3, 0.4) is 0 Å². The fourth-order valence-corrected chi connectivity index (χ4v) is 3.72. The van der Waals surface area contributed by atoms with Gasteiger partial charge in [0.15, 0.2) is 0 Å². The van der Waals surface area contributed by atoms with Crippen molar-refractivity contribution < 1.29 is 18.4 Å². The Kier molecular flexibility index (Phi) is 6.28. The summed E-state index contributed by atoms with van der Waals surface area (Å²) < 4.78 is 28.6. The number of nitrogens with zero attached hydrogens (tertiary/aromatic N) is 2. The first-order chi connectivity index (χ1) is 15.9. The third-order valence-corrected chi connectivity index (χ3v) is 5.49. The number of aliphatic imine (C=N–C) groups is 1. The summed E-state index contributed by atoms with van der Waals surface area (Å²) in [6.45, 7) is 0. The summed E-state index contributed by atoms with van der Waals surface area (Å²) in [6.07, 6.45) is -1.39. The van der Waals surface area contributed by atoms with Crippen LogP contribution in [-0.2, 0) is 16.0 Å².